The van der Waals surface area contributed by atoms with Gasteiger partial charge in [-0.2, -0.15) is 9.97 Å². The molecule has 446 valence electrons. The monoisotopic (exact) mass is 1180 g/mol. The highest BCUT2D eigenvalue weighted by Gasteiger charge is 2.51. The minimum absolute atomic E-state index is 0.00262. The minimum atomic E-state index is -0.884. The van der Waals surface area contributed by atoms with Crippen LogP contribution in [0.1, 0.15) is 107 Å². The second kappa shape index (κ2) is 23.0. The highest BCUT2D eigenvalue weighted by Crippen LogP contribution is 2.44. The largest absolute Gasteiger partial charge is 0.508 e. The molecule has 85 heavy (non-hydrogen) atoms. The van der Waals surface area contributed by atoms with E-state index < -0.39 is 30.0 Å². The molecule has 10 heterocycles. The van der Waals surface area contributed by atoms with E-state index >= 15 is 4.39 Å². The fourth-order valence-corrected chi connectivity index (χ4v) is 14.9. The van der Waals surface area contributed by atoms with Gasteiger partial charge in [-0.15, -0.1) is 11.3 Å². The Morgan fingerprint density at radius 3 is 2.53 bits per heavy atom. The molecule has 7 aromatic rings. The number of β-amino-alcohol motifs (C(OH)–C–C–N with tert-alkyl or cyclic N) is 1. The van der Waals surface area contributed by atoms with Gasteiger partial charge in [0.1, 0.15) is 54.1 Å². The van der Waals surface area contributed by atoms with Gasteiger partial charge in [-0.25, -0.2) is 14.2 Å². The van der Waals surface area contributed by atoms with Crippen LogP contribution < -0.4 is 25.0 Å². The number of nitrogens with zero attached hydrogens (tertiary/aromatic N) is 9. The molecule has 2 unspecified atom stereocenters. The molecule has 2 bridgehead atoms. The predicted octanol–water partition coefficient (Wildman–Crippen LogP) is 8.47. The number of carbonyl (C=O) groups excluding carboxylic acids is 3. The lowest BCUT2D eigenvalue weighted by atomic mass is 9.91. The highest BCUT2D eigenvalue weighted by atomic mass is 32.1. The number of aromatic nitrogens is 5. The number of ether oxygens (including phenoxy) is 3. The standard InChI is InChI=1S/C63H72FN11O9S/c1-6-37-9-7-10-40-21-44(76)22-47(53(37)40)55-54(64)56-48(25-65-55)58(72-26-41-15-16-42(27-72)68-41)70-61(69-56)82-32-63-18-8-20-75(63)43(17-19-63)31-81-62(80)73-29-46(30-73)83-51-24-50(84-71-51)52(34(2)3)60(79)74-28-45(77)23-49(74)59(78)67-35(4)38-11-13-39(14-12-38)57-36(5)66-33-85-57/h7,9-14,21-22,24-25,33-35,41-43,45-46,49,52,68,76-77H,6,8,15-20,23,26-32H2,1-5H3,(H,67,78)/t35-,41?,42?,43-,45+,49-,52-,63+/m0/s1. The Labute approximate surface area is 496 Å². The maximum absolute atomic E-state index is 17.3. The van der Waals surface area contributed by atoms with Gasteiger partial charge in [-0.05, 0) is 116 Å². The molecule has 0 radical (unpaired) electrons. The van der Waals surface area contributed by atoms with Gasteiger partial charge in [-0.3, -0.25) is 19.5 Å². The summed E-state index contributed by atoms with van der Waals surface area (Å²) in [6.45, 7) is 12.9. The van der Waals surface area contributed by atoms with Crippen molar-refractivity contribution in [3.63, 3.8) is 0 Å². The van der Waals surface area contributed by atoms with Crippen molar-refractivity contribution in [1.82, 2.24) is 50.4 Å². The van der Waals surface area contributed by atoms with Crippen LogP contribution in [0.5, 0.6) is 17.6 Å². The second-order valence-corrected chi connectivity index (χ2v) is 25.3. The van der Waals surface area contributed by atoms with Gasteiger partial charge < -0.3 is 54.3 Å². The van der Waals surface area contributed by atoms with Crippen LogP contribution in [-0.2, 0) is 20.7 Å². The summed E-state index contributed by atoms with van der Waals surface area (Å²) in [5.41, 5.74) is 6.10. The van der Waals surface area contributed by atoms with E-state index in [0.717, 1.165) is 83.1 Å². The fourth-order valence-electron chi connectivity index (χ4n) is 14.1. The summed E-state index contributed by atoms with van der Waals surface area (Å²) < 4.78 is 41.8. The van der Waals surface area contributed by atoms with Gasteiger partial charge in [0, 0.05) is 62.0 Å². The number of phenolic OH excluding ortho intramolecular Hbond substituents is 1. The number of anilines is 1. The molecular weight excluding hydrogens is 1110 g/mol. The summed E-state index contributed by atoms with van der Waals surface area (Å²) >= 11 is 1.58. The zero-order valence-electron chi connectivity index (χ0n) is 48.5. The number of benzene rings is 3. The molecular formula is C63H72FN11O9S. The number of aromatic hydroxyl groups is 1. The first-order valence-corrected chi connectivity index (χ1v) is 30.8. The van der Waals surface area contributed by atoms with Gasteiger partial charge in [0.15, 0.2) is 11.6 Å². The van der Waals surface area contributed by atoms with E-state index in [0.29, 0.717) is 48.4 Å². The number of pyridine rings is 1. The van der Waals surface area contributed by atoms with Crippen molar-refractivity contribution < 1.29 is 47.7 Å². The van der Waals surface area contributed by atoms with Gasteiger partial charge in [0.2, 0.25) is 11.8 Å². The minimum Gasteiger partial charge on any atom is -0.508 e. The van der Waals surface area contributed by atoms with E-state index in [-0.39, 0.29) is 115 Å². The number of hydrogen-bond acceptors (Lipinski definition) is 18. The predicted molar refractivity (Wildman–Crippen MR) is 317 cm³/mol. The molecule has 8 atom stereocenters. The Balaban J connectivity index is 0.625. The molecule has 0 saturated carbocycles. The van der Waals surface area contributed by atoms with Crippen LogP contribution in [0.4, 0.5) is 15.0 Å². The van der Waals surface area contributed by atoms with E-state index in [1.54, 1.807) is 40.6 Å². The second-order valence-electron chi connectivity index (χ2n) is 24.4. The lowest BCUT2D eigenvalue weighted by Crippen LogP contribution is -2.56. The third kappa shape index (κ3) is 10.9. The number of fused-ring (bicyclic) bond motifs is 5. The molecule has 6 aliphatic heterocycles. The first-order valence-electron chi connectivity index (χ1n) is 30.0. The molecule has 3 aromatic carbocycles. The van der Waals surface area contributed by atoms with Crippen molar-refractivity contribution in [2.45, 2.75) is 140 Å². The molecule has 13 rings (SSSR count). The van der Waals surface area contributed by atoms with E-state index in [2.05, 4.69) is 37.5 Å². The Hall–Kier alpha value is -7.53. The average Bonchev–Trinajstić information content (AvgIpc) is 2.95. The molecule has 22 heteroatoms. The van der Waals surface area contributed by atoms with Crippen molar-refractivity contribution >= 4 is 56.7 Å². The van der Waals surface area contributed by atoms with Crippen LogP contribution in [-0.4, -0.2) is 162 Å². The van der Waals surface area contributed by atoms with Crippen molar-refractivity contribution in [1.29, 1.82) is 0 Å². The average molecular weight is 1180 g/mol. The molecule has 6 saturated heterocycles. The van der Waals surface area contributed by atoms with Crippen LogP contribution in [0.15, 0.2) is 76.9 Å². The SMILES string of the molecule is CCc1cccc2cc(O)cc(-c3ncc4c(N5CC6CCC(C5)N6)nc(OC[C@]56CCCN5[C@H](COC(=O)N5CC(Oc7cc([C@@H](C(=O)N8C[C@H](O)C[C@H]8C(=O)N[C@@H](C)c8ccc(-c9scnc9C)cc8)C(C)C)on7)C5)CC6)nc4c3F)c12. The smallest absolute Gasteiger partial charge is 0.410 e. The summed E-state index contributed by atoms with van der Waals surface area (Å²) in [7, 11) is 0. The quantitative estimate of drug-likeness (QED) is 0.0669. The highest BCUT2D eigenvalue weighted by molar-refractivity contribution is 7.13. The fraction of sp³-hybridized carbons (Fsp3) is 0.492. The molecule has 6 fully saturated rings. The number of phenols is 1. The maximum atomic E-state index is 17.3. The Kier molecular flexibility index (Phi) is 15.3. The summed E-state index contributed by atoms with van der Waals surface area (Å²) in [5.74, 6) is -1.32. The molecule has 4 N–H and O–H groups in total. The van der Waals surface area contributed by atoms with Gasteiger partial charge in [0.05, 0.1) is 52.2 Å². The normalized spacial score (nSPS) is 23.9. The topological polar surface area (TPSA) is 234 Å². The molecule has 4 aromatic heterocycles. The molecule has 6 aliphatic rings. The zero-order chi connectivity index (χ0) is 58.8. The van der Waals surface area contributed by atoms with E-state index in [4.69, 9.17) is 33.7 Å². The molecule has 20 nitrogen and oxygen atoms in total. The first-order chi connectivity index (χ1) is 41.1. The summed E-state index contributed by atoms with van der Waals surface area (Å²) in [5, 5.41) is 34.6. The molecule has 0 spiro atoms. The number of halogens is 1. The Morgan fingerprint density at radius 2 is 1.78 bits per heavy atom. The van der Waals surface area contributed by atoms with Crippen molar-refractivity contribution in [3.8, 4) is 39.3 Å². The van der Waals surface area contributed by atoms with E-state index in [9.17, 15) is 24.6 Å². The van der Waals surface area contributed by atoms with Crippen LogP contribution in [0, 0.1) is 18.7 Å². The number of likely N-dealkylation sites (tertiary alicyclic amines) is 2. The number of aliphatic hydroxyl groups is 1. The van der Waals surface area contributed by atoms with Gasteiger partial charge >= 0.3 is 12.1 Å². The van der Waals surface area contributed by atoms with E-state index in [1.807, 2.05) is 75.7 Å². The third-order valence-corrected chi connectivity index (χ3v) is 19.5. The first kappa shape index (κ1) is 56.6. The van der Waals surface area contributed by atoms with Crippen LogP contribution >= 0.6 is 11.3 Å². The Morgan fingerprint density at radius 1 is 0.976 bits per heavy atom. The lowest BCUT2D eigenvalue weighted by molar-refractivity contribution is -0.141. The van der Waals surface area contributed by atoms with Crippen LogP contribution in [0.25, 0.3) is 43.4 Å². The van der Waals surface area contributed by atoms with Crippen LogP contribution in [0.3, 0.4) is 0 Å². The zero-order valence-corrected chi connectivity index (χ0v) is 49.3. The number of aryl methyl sites for hydroxylation is 2. The lowest BCUT2D eigenvalue weighted by Gasteiger charge is -2.38. The number of rotatable bonds is 17. The molecule has 0 aliphatic carbocycles. The van der Waals surface area contributed by atoms with E-state index in [1.165, 1.54) is 4.90 Å². The number of piperazine rings is 1. The van der Waals surface area contributed by atoms with Gasteiger partial charge in [0.25, 0.3) is 5.88 Å². The van der Waals surface area contributed by atoms with Gasteiger partial charge in [-0.1, -0.05) is 63.2 Å². The number of nitrogens with one attached hydrogen (secondary N) is 2. The number of aliphatic hydroxyl groups excluding tert-OH is 1. The Bertz CT molecular complexity index is 3660. The number of amides is 3. The molecule has 3 amide bonds. The maximum Gasteiger partial charge on any atom is 0.410 e. The number of carbonyl (C=O) groups is 3. The summed E-state index contributed by atoms with van der Waals surface area (Å²) in [4.78, 5) is 69.3. The summed E-state index contributed by atoms with van der Waals surface area (Å²) in [6.07, 6.45) is 6.29. The number of thiazole rings is 1. The van der Waals surface area contributed by atoms with Crippen molar-refractivity contribution in [2.75, 3.05) is 57.4 Å². The van der Waals surface area contributed by atoms with Crippen molar-refractivity contribution in [3.05, 3.63) is 101 Å². The third-order valence-electron chi connectivity index (χ3n) is 18.5. The van der Waals surface area contributed by atoms with Crippen molar-refractivity contribution in [2.24, 2.45) is 5.92 Å². The van der Waals surface area contributed by atoms with Crippen LogP contribution in [0.2, 0.25) is 0 Å². The summed E-state index contributed by atoms with van der Waals surface area (Å²) in [6, 6.07) is 18.1. The number of hydrogen-bond donors (Lipinski definition) is 4.